The zero-order valence-corrected chi connectivity index (χ0v) is 11.0. The van der Waals surface area contributed by atoms with E-state index in [1.165, 1.54) is 0 Å². The third kappa shape index (κ3) is 1.63. The fourth-order valence-electron chi connectivity index (χ4n) is 3.36. The molecule has 0 radical (unpaired) electrons. The Morgan fingerprint density at radius 2 is 2.33 bits per heavy atom. The van der Waals surface area contributed by atoms with Crippen LogP contribution in [0, 0.1) is 22.7 Å². The summed E-state index contributed by atoms with van der Waals surface area (Å²) in [7, 11) is 0. The van der Waals surface area contributed by atoms with E-state index in [1.807, 2.05) is 13.8 Å². The largest absolute Gasteiger partial charge is 0.377 e. The third-order valence-electron chi connectivity index (χ3n) is 4.58. The van der Waals surface area contributed by atoms with Gasteiger partial charge in [0.1, 0.15) is 5.54 Å². The van der Waals surface area contributed by atoms with Gasteiger partial charge in [-0.3, -0.25) is 4.79 Å². The summed E-state index contributed by atoms with van der Waals surface area (Å²) in [5.41, 5.74) is 5.21. The van der Waals surface area contributed by atoms with Gasteiger partial charge in [-0.1, -0.05) is 13.8 Å². The lowest BCUT2D eigenvalue weighted by atomic mass is 9.48. The van der Waals surface area contributed by atoms with Gasteiger partial charge in [0.2, 0.25) is 5.91 Å². The van der Waals surface area contributed by atoms with E-state index in [0.717, 1.165) is 6.42 Å². The average molecular weight is 251 g/mol. The molecule has 1 aliphatic carbocycles. The molecule has 3 atom stereocenters. The van der Waals surface area contributed by atoms with Crippen molar-refractivity contribution in [3.63, 3.8) is 0 Å². The Balaban J connectivity index is 1.98. The van der Waals surface area contributed by atoms with Crippen LogP contribution in [-0.2, 0) is 9.53 Å². The number of nitrogens with one attached hydrogen (secondary N) is 1. The maximum absolute atomic E-state index is 12.3. The fraction of sp³-hybridized carbons (Fsp3) is 0.846. The molecule has 1 saturated carbocycles. The van der Waals surface area contributed by atoms with E-state index in [4.69, 9.17) is 15.7 Å². The molecule has 0 aromatic carbocycles. The van der Waals surface area contributed by atoms with Crippen LogP contribution in [0.4, 0.5) is 0 Å². The van der Waals surface area contributed by atoms with E-state index in [-0.39, 0.29) is 23.3 Å². The summed E-state index contributed by atoms with van der Waals surface area (Å²) in [6.07, 6.45) is 2.09. The van der Waals surface area contributed by atoms with Crippen molar-refractivity contribution in [1.29, 1.82) is 5.26 Å². The summed E-state index contributed by atoms with van der Waals surface area (Å²) >= 11 is 0. The topological polar surface area (TPSA) is 88.1 Å². The number of nitrogens with two attached hydrogens (primary N) is 1. The van der Waals surface area contributed by atoms with Crippen LogP contribution in [0.3, 0.4) is 0 Å². The first-order valence-electron chi connectivity index (χ1n) is 6.52. The van der Waals surface area contributed by atoms with Crippen molar-refractivity contribution in [3.05, 3.63) is 0 Å². The molecule has 2 aliphatic rings. The second-order valence-corrected chi connectivity index (χ2v) is 5.79. The highest BCUT2D eigenvalue weighted by Crippen LogP contribution is 2.58. The monoisotopic (exact) mass is 251 g/mol. The fourth-order valence-corrected chi connectivity index (χ4v) is 3.36. The second-order valence-electron chi connectivity index (χ2n) is 5.79. The van der Waals surface area contributed by atoms with Gasteiger partial charge in [0, 0.05) is 30.9 Å². The Labute approximate surface area is 108 Å². The first-order chi connectivity index (χ1) is 8.46. The maximum Gasteiger partial charge on any atom is 0.241 e. The van der Waals surface area contributed by atoms with Crippen LogP contribution in [0.5, 0.6) is 0 Å². The molecule has 0 aromatic rings. The van der Waals surface area contributed by atoms with Gasteiger partial charge in [0.15, 0.2) is 0 Å². The van der Waals surface area contributed by atoms with Crippen LogP contribution in [0.2, 0.25) is 0 Å². The van der Waals surface area contributed by atoms with Crippen molar-refractivity contribution in [2.45, 2.75) is 44.8 Å². The molecule has 0 spiro atoms. The molecule has 5 heteroatoms. The minimum atomic E-state index is -0.833. The SMILES string of the molecule is CC1(C)C2OCCC2C1(N)C(=O)NCCCC#N. The molecule has 2 fully saturated rings. The van der Waals surface area contributed by atoms with Crippen molar-refractivity contribution in [1.82, 2.24) is 5.32 Å². The predicted octanol–water partition coefficient (Wildman–Crippen LogP) is 0.549. The summed E-state index contributed by atoms with van der Waals surface area (Å²) in [5, 5.41) is 11.3. The van der Waals surface area contributed by atoms with E-state index in [0.29, 0.717) is 26.0 Å². The molecule has 3 N–H and O–H groups in total. The molecule has 100 valence electrons. The highest BCUT2D eigenvalue weighted by atomic mass is 16.5. The van der Waals surface area contributed by atoms with Gasteiger partial charge in [-0.25, -0.2) is 0 Å². The van der Waals surface area contributed by atoms with Crippen molar-refractivity contribution >= 4 is 5.91 Å². The molecule has 2 rings (SSSR count). The van der Waals surface area contributed by atoms with Crippen molar-refractivity contribution in [2.24, 2.45) is 17.1 Å². The van der Waals surface area contributed by atoms with Gasteiger partial charge in [-0.15, -0.1) is 0 Å². The molecule has 1 saturated heterocycles. The van der Waals surface area contributed by atoms with Crippen molar-refractivity contribution in [3.8, 4) is 6.07 Å². The van der Waals surface area contributed by atoms with E-state index in [1.54, 1.807) is 0 Å². The normalized spacial score (nSPS) is 36.3. The number of hydrogen-bond donors (Lipinski definition) is 2. The van der Waals surface area contributed by atoms with Crippen molar-refractivity contribution < 1.29 is 9.53 Å². The summed E-state index contributed by atoms with van der Waals surface area (Å²) in [4.78, 5) is 12.3. The quantitative estimate of drug-likeness (QED) is 0.714. The molecule has 1 heterocycles. The number of fused-ring (bicyclic) bond motifs is 1. The van der Waals surface area contributed by atoms with Crippen LogP contribution in [0.15, 0.2) is 0 Å². The summed E-state index contributed by atoms with van der Waals surface area (Å²) in [5.74, 6) is 0.0284. The number of carbonyl (C=O) groups is 1. The number of ether oxygens (including phenoxy) is 1. The van der Waals surface area contributed by atoms with E-state index in [9.17, 15) is 4.79 Å². The Morgan fingerprint density at radius 3 is 3.00 bits per heavy atom. The molecule has 18 heavy (non-hydrogen) atoms. The summed E-state index contributed by atoms with van der Waals surface area (Å²) < 4.78 is 5.65. The van der Waals surface area contributed by atoms with E-state index >= 15 is 0 Å². The van der Waals surface area contributed by atoms with Gasteiger partial charge in [-0.05, 0) is 12.8 Å². The molecule has 0 aromatic heterocycles. The number of nitriles is 1. The second kappa shape index (κ2) is 4.52. The minimum Gasteiger partial charge on any atom is -0.377 e. The number of carbonyl (C=O) groups excluding carboxylic acids is 1. The van der Waals surface area contributed by atoms with E-state index in [2.05, 4.69) is 11.4 Å². The number of amides is 1. The summed E-state index contributed by atoms with van der Waals surface area (Å²) in [6, 6.07) is 2.06. The van der Waals surface area contributed by atoms with Crippen LogP contribution in [-0.4, -0.2) is 30.7 Å². The third-order valence-corrected chi connectivity index (χ3v) is 4.58. The van der Waals surface area contributed by atoms with Gasteiger partial charge >= 0.3 is 0 Å². The van der Waals surface area contributed by atoms with Gasteiger partial charge in [-0.2, -0.15) is 5.26 Å². The molecule has 1 aliphatic heterocycles. The highest BCUT2D eigenvalue weighted by Gasteiger charge is 2.71. The lowest BCUT2D eigenvalue weighted by Gasteiger charge is -2.60. The smallest absolute Gasteiger partial charge is 0.241 e. The number of nitrogens with zero attached hydrogens (tertiary/aromatic N) is 1. The highest BCUT2D eigenvalue weighted by molar-refractivity contribution is 5.89. The van der Waals surface area contributed by atoms with Crippen molar-refractivity contribution in [2.75, 3.05) is 13.2 Å². The Kier molecular flexibility index (Phi) is 3.35. The lowest BCUT2D eigenvalue weighted by molar-refractivity contribution is -0.175. The lowest BCUT2D eigenvalue weighted by Crippen LogP contribution is -2.80. The number of hydrogen-bond acceptors (Lipinski definition) is 4. The number of rotatable bonds is 4. The van der Waals surface area contributed by atoms with Gasteiger partial charge in [0.05, 0.1) is 12.2 Å². The minimum absolute atomic E-state index is 0.0998. The Bertz CT molecular complexity index is 388. The van der Waals surface area contributed by atoms with Crippen LogP contribution >= 0.6 is 0 Å². The number of unbranched alkanes of at least 4 members (excludes halogenated alkanes) is 1. The van der Waals surface area contributed by atoms with Crippen LogP contribution in [0.1, 0.15) is 33.1 Å². The molecular weight excluding hydrogens is 230 g/mol. The molecule has 3 unspecified atom stereocenters. The van der Waals surface area contributed by atoms with Crippen LogP contribution in [0.25, 0.3) is 0 Å². The first-order valence-corrected chi connectivity index (χ1v) is 6.52. The first kappa shape index (κ1) is 13.3. The van der Waals surface area contributed by atoms with Gasteiger partial charge < -0.3 is 15.8 Å². The van der Waals surface area contributed by atoms with Crippen LogP contribution < -0.4 is 11.1 Å². The molecule has 5 nitrogen and oxygen atoms in total. The molecule has 0 bridgehead atoms. The Morgan fingerprint density at radius 1 is 1.61 bits per heavy atom. The molecular formula is C13H21N3O2. The zero-order chi connectivity index (χ0) is 13.4. The van der Waals surface area contributed by atoms with Gasteiger partial charge in [0.25, 0.3) is 0 Å². The summed E-state index contributed by atoms with van der Waals surface area (Å²) in [6.45, 7) is 5.20. The standard InChI is InChI=1S/C13H21N3O2/c1-12(2)10-9(5-8-18-10)13(12,15)11(17)16-7-4-3-6-14/h9-10H,3-5,7-8,15H2,1-2H3,(H,16,17). The average Bonchev–Trinajstić information content (AvgIpc) is 2.81. The van der Waals surface area contributed by atoms with E-state index < -0.39 is 5.54 Å². The Hall–Kier alpha value is -1.12. The predicted molar refractivity (Wildman–Crippen MR) is 66.4 cm³/mol. The molecule has 1 amide bonds. The maximum atomic E-state index is 12.3. The zero-order valence-electron chi connectivity index (χ0n) is 11.0.